The molecule has 0 aliphatic heterocycles. The van der Waals surface area contributed by atoms with Crippen LogP contribution >= 0.6 is 46.8 Å². The predicted octanol–water partition coefficient (Wildman–Crippen LogP) is 3.88. The van der Waals surface area contributed by atoms with Gasteiger partial charge in [-0.05, 0) is 35.8 Å². The van der Waals surface area contributed by atoms with Crippen molar-refractivity contribution in [3.63, 3.8) is 0 Å². The molecule has 0 atom stereocenters. The molecule has 2 rings (SSSR count). The Morgan fingerprint density at radius 3 is 2.36 bits per heavy atom. The van der Waals surface area contributed by atoms with Crippen molar-refractivity contribution in [3.8, 4) is 0 Å². The molecule has 0 aliphatic carbocycles. The van der Waals surface area contributed by atoms with Crippen molar-refractivity contribution >= 4 is 69.4 Å². The number of hydrogen-bond acceptors (Lipinski definition) is 4. The van der Waals surface area contributed by atoms with Crippen molar-refractivity contribution < 1.29 is 14.7 Å². The monoisotopic (exact) mass is 374 g/mol. The van der Waals surface area contributed by atoms with Crippen molar-refractivity contribution in [2.24, 2.45) is 0 Å². The third kappa shape index (κ3) is 3.95. The number of thiocarbonyl (C=S) groups is 1. The molecular weight excluding hydrogens is 367 g/mol. The summed E-state index contributed by atoms with van der Waals surface area (Å²) >= 11 is 18.2. The number of carboxylic acids is 1. The fraction of sp³-hybridized carbons (Fsp3) is 0. The van der Waals surface area contributed by atoms with Gasteiger partial charge in [0, 0.05) is 0 Å². The number of thiophene rings is 1. The normalized spacial score (nSPS) is 10.1. The average molecular weight is 375 g/mol. The highest BCUT2D eigenvalue weighted by atomic mass is 35.5. The molecule has 1 aromatic carbocycles. The average Bonchev–Trinajstić information content (AvgIpc) is 2.96. The van der Waals surface area contributed by atoms with Gasteiger partial charge in [-0.2, -0.15) is 0 Å². The van der Waals surface area contributed by atoms with Crippen LogP contribution in [-0.4, -0.2) is 22.1 Å². The van der Waals surface area contributed by atoms with E-state index in [4.69, 9.17) is 40.5 Å². The summed E-state index contributed by atoms with van der Waals surface area (Å²) in [4.78, 5) is 23.2. The first-order valence-electron chi connectivity index (χ1n) is 5.76. The van der Waals surface area contributed by atoms with Gasteiger partial charge in [-0.15, -0.1) is 11.3 Å². The SMILES string of the molecule is O=C(O)c1cc(Cl)c(NC(=S)NC(=O)c2cccs2)c(Cl)c1. The lowest BCUT2D eigenvalue weighted by Crippen LogP contribution is -2.33. The first-order chi connectivity index (χ1) is 10.4. The number of carboxylic acid groups (broad SMARTS) is 1. The van der Waals surface area contributed by atoms with E-state index in [0.29, 0.717) is 4.88 Å². The van der Waals surface area contributed by atoms with Crippen molar-refractivity contribution in [1.29, 1.82) is 0 Å². The second-order valence-electron chi connectivity index (χ2n) is 4.01. The minimum atomic E-state index is -1.15. The van der Waals surface area contributed by atoms with Crippen molar-refractivity contribution in [3.05, 3.63) is 50.1 Å². The third-order valence-corrected chi connectivity index (χ3v) is 4.17. The molecule has 0 saturated heterocycles. The molecule has 9 heteroatoms. The molecule has 0 saturated carbocycles. The molecule has 0 aliphatic rings. The molecule has 2 aromatic rings. The van der Waals surface area contributed by atoms with Crippen LogP contribution in [0.1, 0.15) is 20.0 Å². The van der Waals surface area contributed by atoms with E-state index in [1.807, 2.05) is 0 Å². The van der Waals surface area contributed by atoms with E-state index in [1.54, 1.807) is 17.5 Å². The smallest absolute Gasteiger partial charge is 0.335 e. The molecule has 0 bridgehead atoms. The number of benzene rings is 1. The minimum Gasteiger partial charge on any atom is -0.478 e. The number of rotatable bonds is 3. The van der Waals surface area contributed by atoms with Gasteiger partial charge in [0.15, 0.2) is 5.11 Å². The molecule has 22 heavy (non-hydrogen) atoms. The van der Waals surface area contributed by atoms with Gasteiger partial charge in [0.05, 0.1) is 26.2 Å². The third-order valence-electron chi connectivity index (χ3n) is 2.50. The largest absolute Gasteiger partial charge is 0.478 e. The van der Waals surface area contributed by atoms with Gasteiger partial charge in [-0.3, -0.25) is 10.1 Å². The molecule has 3 N–H and O–H groups in total. The molecule has 0 spiro atoms. The van der Waals surface area contributed by atoms with Crippen LogP contribution in [0.2, 0.25) is 10.0 Å². The van der Waals surface area contributed by atoms with Gasteiger partial charge in [-0.1, -0.05) is 29.3 Å². The van der Waals surface area contributed by atoms with E-state index in [1.165, 1.54) is 23.5 Å². The van der Waals surface area contributed by atoms with Crippen LogP contribution in [0.4, 0.5) is 5.69 Å². The van der Waals surface area contributed by atoms with Gasteiger partial charge in [0.2, 0.25) is 0 Å². The van der Waals surface area contributed by atoms with Crippen molar-refractivity contribution in [2.45, 2.75) is 0 Å². The highest BCUT2D eigenvalue weighted by Gasteiger charge is 2.15. The lowest BCUT2D eigenvalue weighted by atomic mass is 10.2. The van der Waals surface area contributed by atoms with E-state index in [0.717, 1.165) is 0 Å². The van der Waals surface area contributed by atoms with Crippen molar-refractivity contribution in [2.75, 3.05) is 5.32 Å². The zero-order chi connectivity index (χ0) is 16.3. The maximum Gasteiger partial charge on any atom is 0.335 e. The summed E-state index contributed by atoms with van der Waals surface area (Å²) in [7, 11) is 0. The Balaban J connectivity index is 2.12. The lowest BCUT2D eigenvalue weighted by molar-refractivity contribution is 0.0696. The van der Waals surface area contributed by atoms with E-state index in [2.05, 4.69) is 10.6 Å². The number of carbonyl (C=O) groups is 2. The predicted molar refractivity (Wildman–Crippen MR) is 91.4 cm³/mol. The second-order valence-corrected chi connectivity index (χ2v) is 6.18. The first-order valence-corrected chi connectivity index (χ1v) is 7.81. The molecule has 1 aromatic heterocycles. The van der Waals surface area contributed by atoms with Crippen molar-refractivity contribution in [1.82, 2.24) is 5.32 Å². The molecule has 1 amide bonds. The Hall–Kier alpha value is -1.67. The van der Waals surface area contributed by atoms with E-state index < -0.39 is 5.97 Å². The molecule has 0 radical (unpaired) electrons. The summed E-state index contributed by atoms with van der Waals surface area (Å²) in [5.41, 5.74) is 0.180. The summed E-state index contributed by atoms with van der Waals surface area (Å²) in [6.07, 6.45) is 0. The van der Waals surface area contributed by atoms with Gasteiger partial charge in [-0.25, -0.2) is 4.79 Å². The molecular formula is C13H8Cl2N2O3S2. The maximum absolute atomic E-state index is 11.8. The quantitative estimate of drug-likeness (QED) is 0.710. The number of anilines is 1. The first kappa shape index (κ1) is 16.7. The Labute approximate surface area is 144 Å². The summed E-state index contributed by atoms with van der Waals surface area (Å²) in [6.45, 7) is 0. The summed E-state index contributed by atoms with van der Waals surface area (Å²) in [6, 6.07) is 5.88. The number of halogens is 2. The number of carbonyl (C=O) groups excluding carboxylic acids is 1. The highest BCUT2D eigenvalue weighted by Crippen LogP contribution is 2.31. The minimum absolute atomic E-state index is 0.00488. The number of amides is 1. The Morgan fingerprint density at radius 1 is 1.23 bits per heavy atom. The number of aromatic carboxylic acids is 1. The van der Waals surface area contributed by atoms with Crippen LogP contribution in [0.25, 0.3) is 0 Å². The summed E-state index contributed by atoms with van der Waals surface area (Å²) < 4.78 is 0. The van der Waals surface area contributed by atoms with Gasteiger partial charge >= 0.3 is 5.97 Å². The maximum atomic E-state index is 11.8. The van der Waals surface area contributed by atoms with Crippen LogP contribution in [0.3, 0.4) is 0 Å². The zero-order valence-corrected chi connectivity index (χ0v) is 13.9. The van der Waals surface area contributed by atoms with E-state index in [9.17, 15) is 9.59 Å². The zero-order valence-electron chi connectivity index (χ0n) is 10.7. The molecule has 1 heterocycles. The van der Waals surface area contributed by atoms with E-state index >= 15 is 0 Å². The lowest BCUT2D eigenvalue weighted by Gasteiger charge is -2.12. The molecule has 5 nitrogen and oxygen atoms in total. The Kier molecular flexibility index (Phi) is 5.36. The standard InChI is InChI=1S/C13H8Cl2N2O3S2/c14-7-4-6(12(19)20)5-8(15)10(7)16-13(21)17-11(18)9-2-1-3-22-9/h1-5H,(H,19,20)(H2,16,17,18,21). The van der Waals surface area contributed by atoms with E-state index in [-0.39, 0.29) is 32.3 Å². The number of hydrogen-bond donors (Lipinski definition) is 3. The molecule has 0 fully saturated rings. The fourth-order valence-electron chi connectivity index (χ4n) is 1.53. The fourth-order valence-corrected chi connectivity index (χ4v) is 2.93. The van der Waals surface area contributed by atoms with Crippen LogP contribution < -0.4 is 10.6 Å². The summed E-state index contributed by atoms with van der Waals surface area (Å²) in [5, 5.41) is 16.0. The van der Waals surface area contributed by atoms with Gasteiger partial charge in [0.25, 0.3) is 5.91 Å². The van der Waals surface area contributed by atoms with Crippen LogP contribution in [-0.2, 0) is 0 Å². The van der Waals surface area contributed by atoms with Gasteiger partial charge in [0.1, 0.15) is 0 Å². The highest BCUT2D eigenvalue weighted by molar-refractivity contribution is 7.80. The Morgan fingerprint density at radius 2 is 1.86 bits per heavy atom. The second kappa shape index (κ2) is 7.06. The summed E-state index contributed by atoms with van der Waals surface area (Å²) in [5.74, 6) is -1.51. The van der Waals surface area contributed by atoms with Crippen LogP contribution in [0, 0.1) is 0 Å². The van der Waals surface area contributed by atoms with Crippen LogP contribution in [0.15, 0.2) is 29.6 Å². The van der Waals surface area contributed by atoms with Crippen LogP contribution in [0.5, 0.6) is 0 Å². The Bertz CT molecular complexity index is 725. The topological polar surface area (TPSA) is 78.4 Å². The van der Waals surface area contributed by atoms with Gasteiger partial charge < -0.3 is 10.4 Å². The molecule has 0 unspecified atom stereocenters. The molecule has 114 valence electrons. The number of nitrogens with one attached hydrogen (secondary N) is 2.